The molecule has 0 aliphatic carbocycles. The van der Waals surface area contributed by atoms with E-state index in [0.29, 0.717) is 0 Å². The molecule has 2 aliphatic heterocycles. The maximum Gasteiger partial charge on any atom is 0.239 e. The number of hydrogen-bond donors (Lipinski definition) is 9. The van der Waals surface area contributed by atoms with E-state index >= 15 is 0 Å². The second-order valence-corrected chi connectivity index (χ2v) is 9.65. The normalized spacial score (nSPS) is 32.2. The number of aliphatic hydroxyl groups is 6. The van der Waals surface area contributed by atoms with Crippen molar-refractivity contribution in [2.75, 3.05) is 13.2 Å². The van der Waals surface area contributed by atoms with Gasteiger partial charge >= 0.3 is 0 Å². The molecule has 0 saturated carbocycles. The third-order valence-corrected chi connectivity index (χ3v) is 6.85. The van der Waals surface area contributed by atoms with Crippen LogP contribution in [0, 0.1) is 0 Å². The molecule has 5 rings (SSSR count). The van der Waals surface area contributed by atoms with E-state index in [4.69, 9.17) is 23.4 Å². The van der Waals surface area contributed by atoms with E-state index in [2.05, 4.69) is 0 Å². The summed E-state index contributed by atoms with van der Waals surface area (Å²) in [5, 5.41) is 90.9. The number of rotatable bonds is 6. The van der Waals surface area contributed by atoms with Crippen LogP contribution in [0.15, 0.2) is 45.6 Å². The first-order chi connectivity index (χ1) is 19.5. The summed E-state index contributed by atoms with van der Waals surface area (Å²) in [6, 6.07) is 7.33. The summed E-state index contributed by atoms with van der Waals surface area (Å²) in [5.74, 6) is -1.97. The van der Waals surface area contributed by atoms with Gasteiger partial charge in [-0.05, 0) is 24.3 Å². The Balaban J connectivity index is 1.48. The van der Waals surface area contributed by atoms with Gasteiger partial charge in [-0.1, -0.05) is 0 Å². The van der Waals surface area contributed by atoms with Crippen molar-refractivity contribution in [1.82, 2.24) is 0 Å². The van der Waals surface area contributed by atoms with Gasteiger partial charge in [-0.25, -0.2) is 0 Å². The lowest BCUT2D eigenvalue weighted by Crippen LogP contribution is -2.63. The zero-order chi connectivity index (χ0) is 29.6. The molecule has 0 spiro atoms. The number of aromatic hydroxyl groups is 3. The van der Waals surface area contributed by atoms with Crippen LogP contribution < -0.4 is 10.2 Å². The summed E-state index contributed by atoms with van der Waals surface area (Å²) >= 11 is 0. The highest BCUT2D eigenvalue weighted by molar-refractivity contribution is 5.88. The molecular formula is C26H28O15. The smallest absolute Gasteiger partial charge is 0.239 e. The van der Waals surface area contributed by atoms with E-state index < -0.39 is 91.2 Å². The van der Waals surface area contributed by atoms with Gasteiger partial charge in [-0.3, -0.25) is 4.79 Å². The van der Waals surface area contributed by atoms with Crippen LogP contribution in [-0.4, -0.2) is 114 Å². The SMILES string of the molecule is O=c1c(O[C@H]2O[C@@H](CO)[C@@H](O[C@H]3OC[C@H](O)[C@@H](O)[C@@H]3O)[C@@H](O)[C@@H]2O)c(-c2ccc(O)cc2)oc2cc(O)cc(O)c12. The first kappa shape index (κ1) is 29.0. The highest BCUT2D eigenvalue weighted by Gasteiger charge is 2.50. The molecule has 15 heteroatoms. The minimum Gasteiger partial charge on any atom is -0.508 e. The number of benzene rings is 2. The van der Waals surface area contributed by atoms with Crippen molar-refractivity contribution in [2.45, 2.75) is 55.3 Å². The summed E-state index contributed by atoms with van der Waals surface area (Å²) in [6.07, 6.45) is -14.9. The highest BCUT2D eigenvalue weighted by Crippen LogP contribution is 2.38. The maximum atomic E-state index is 13.5. The van der Waals surface area contributed by atoms with Crippen LogP contribution in [0.4, 0.5) is 0 Å². The topological polar surface area (TPSA) is 249 Å². The van der Waals surface area contributed by atoms with Gasteiger partial charge in [0.25, 0.3) is 0 Å². The van der Waals surface area contributed by atoms with E-state index in [1.54, 1.807) is 0 Å². The van der Waals surface area contributed by atoms with Gasteiger partial charge in [0.1, 0.15) is 70.9 Å². The third kappa shape index (κ3) is 5.42. The van der Waals surface area contributed by atoms with Crippen molar-refractivity contribution in [3.05, 3.63) is 46.6 Å². The number of phenolic OH excluding ortho intramolecular Hbond substituents is 3. The lowest BCUT2D eigenvalue weighted by molar-refractivity contribution is -0.339. The van der Waals surface area contributed by atoms with Crippen LogP contribution in [0.25, 0.3) is 22.3 Å². The fourth-order valence-corrected chi connectivity index (χ4v) is 4.67. The first-order valence-corrected chi connectivity index (χ1v) is 12.4. The van der Waals surface area contributed by atoms with Gasteiger partial charge in [0, 0.05) is 17.7 Å². The molecule has 9 atom stereocenters. The second-order valence-electron chi connectivity index (χ2n) is 9.65. The summed E-state index contributed by atoms with van der Waals surface area (Å²) in [6.45, 7) is -1.22. The number of fused-ring (bicyclic) bond motifs is 1. The Kier molecular flexibility index (Phi) is 8.06. The first-order valence-electron chi connectivity index (χ1n) is 12.4. The van der Waals surface area contributed by atoms with Gasteiger partial charge in [0.2, 0.25) is 17.5 Å². The number of hydrogen-bond acceptors (Lipinski definition) is 15. The number of phenols is 3. The molecule has 2 saturated heterocycles. The molecule has 0 amide bonds. The Morgan fingerprint density at radius 1 is 0.854 bits per heavy atom. The molecule has 3 heterocycles. The van der Waals surface area contributed by atoms with Crippen LogP contribution in [0.1, 0.15) is 0 Å². The van der Waals surface area contributed by atoms with Gasteiger partial charge in [0.15, 0.2) is 12.1 Å². The largest absolute Gasteiger partial charge is 0.508 e. The molecule has 3 aromatic rings. The highest BCUT2D eigenvalue weighted by atomic mass is 16.7. The van der Waals surface area contributed by atoms with Crippen LogP contribution in [0.2, 0.25) is 0 Å². The quantitative estimate of drug-likeness (QED) is 0.156. The molecular weight excluding hydrogens is 552 g/mol. The molecule has 0 bridgehead atoms. The number of ether oxygens (including phenoxy) is 4. The Labute approximate surface area is 230 Å². The minimum atomic E-state index is -1.93. The summed E-state index contributed by atoms with van der Waals surface area (Å²) in [5.41, 5.74) is -0.954. The lowest BCUT2D eigenvalue weighted by atomic mass is 9.98. The van der Waals surface area contributed by atoms with E-state index in [9.17, 15) is 50.8 Å². The van der Waals surface area contributed by atoms with E-state index in [1.807, 2.05) is 0 Å². The Hall–Kier alpha value is -3.51. The molecule has 9 N–H and O–H groups in total. The molecule has 2 fully saturated rings. The minimum absolute atomic E-state index is 0.102. The molecule has 2 aromatic carbocycles. The third-order valence-electron chi connectivity index (χ3n) is 6.85. The van der Waals surface area contributed by atoms with Crippen molar-refractivity contribution in [2.24, 2.45) is 0 Å². The van der Waals surface area contributed by atoms with E-state index in [-0.39, 0.29) is 28.0 Å². The fraction of sp³-hybridized carbons (Fsp3) is 0.423. The second kappa shape index (κ2) is 11.4. The zero-order valence-corrected chi connectivity index (χ0v) is 21.0. The average molecular weight is 580 g/mol. The Morgan fingerprint density at radius 3 is 2.22 bits per heavy atom. The van der Waals surface area contributed by atoms with E-state index in [0.717, 1.165) is 12.1 Å². The molecule has 0 unspecified atom stereocenters. The summed E-state index contributed by atoms with van der Waals surface area (Å²) < 4.78 is 27.8. The van der Waals surface area contributed by atoms with Crippen molar-refractivity contribution in [1.29, 1.82) is 0 Å². The standard InChI is InChI=1S/C26H28O15/c27-7-15-23(40-25-20(35)17(32)13(31)8-37-25)19(34)21(36)26(39-15)41-24-18(33)16-12(30)5-11(29)6-14(16)38-22(24)9-1-3-10(28)4-2-9/h1-6,13,15,17,19-21,23,25-32,34-36H,7-8H2/t13-,15-,17+,19-,20-,21-,23+,25+,26+/m0/s1. The van der Waals surface area contributed by atoms with Gasteiger partial charge in [0.05, 0.1) is 13.2 Å². The maximum absolute atomic E-state index is 13.5. The molecule has 2 aliphatic rings. The Morgan fingerprint density at radius 2 is 1.54 bits per heavy atom. The van der Waals surface area contributed by atoms with Gasteiger partial charge < -0.3 is 69.3 Å². The summed E-state index contributed by atoms with van der Waals surface area (Å²) in [7, 11) is 0. The van der Waals surface area contributed by atoms with Gasteiger partial charge in [-0.15, -0.1) is 0 Å². The van der Waals surface area contributed by atoms with Crippen LogP contribution in [0.5, 0.6) is 23.0 Å². The summed E-state index contributed by atoms with van der Waals surface area (Å²) in [4.78, 5) is 13.5. The Bertz CT molecular complexity index is 1440. The zero-order valence-electron chi connectivity index (χ0n) is 21.0. The van der Waals surface area contributed by atoms with Crippen molar-refractivity contribution in [3.63, 3.8) is 0 Å². The molecule has 15 nitrogen and oxygen atoms in total. The van der Waals surface area contributed by atoms with Crippen molar-refractivity contribution < 1.29 is 69.3 Å². The molecule has 41 heavy (non-hydrogen) atoms. The molecule has 1 aromatic heterocycles. The van der Waals surface area contributed by atoms with Crippen LogP contribution >= 0.6 is 0 Å². The average Bonchev–Trinajstić information content (AvgIpc) is 2.93. The van der Waals surface area contributed by atoms with Crippen molar-refractivity contribution >= 4 is 11.0 Å². The molecule has 0 radical (unpaired) electrons. The van der Waals surface area contributed by atoms with Crippen LogP contribution in [0.3, 0.4) is 0 Å². The lowest BCUT2D eigenvalue weighted by Gasteiger charge is -2.44. The predicted molar refractivity (Wildman–Crippen MR) is 134 cm³/mol. The van der Waals surface area contributed by atoms with Gasteiger partial charge in [-0.2, -0.15) is 0 Å². The monoisotopic (exact) mass is 580 g/mol. The number of aliphatic hydroxyl groups excluding tert-OH is 6. The van der Waals surface area contributed by atoms with Crippen LogP contribution in [-0.2, 0) is 14.2 Å². The van der Waals surface area contributed by atoms with E-state index in [1.165, 1.54) is 24.3 Å². The fourth-order valence-electron chi connectivity index (χ4n) is 4.67. The van der Waals surface area contributed by atoms with Crippen molar-refractivity contribution in [3.8, 4) is 34.3 Å². The molecule has 222 valence electrons. The predicted octanol–water partition coefficient (Wildman–Crippen LogP) is -1.78.